The number of anilines is 1. The van der Waals surface area contributed by atoms with Crippen molar-refractivity contribution in [1.29, 1.82) is 0 Å². The predicted octanol–water partition coefficient (Wildman–Crippen LogP) is 2.01. The summed E-state index contributed by atoms with van der Waals surface area (Å²) >= 11 is 0. The fourth-order valence-corrected chi connectivity index (χ4v) is 3.37. The van der Waals surface area contributed by atoms with Gasteiger partial charge in [-0.2, -0.15) is 0 Å². The third kappa shape index (κ3) is 3.02. The molecule has 122 valence electrons. The summed E-state index contributed by atoms with van der Waals surface area (Å²) in [5, 5.41) is 4.16. The molecule has 0 spiro atoms. The van der Waals surface area contributed by atoms with Crippen LogP contribution in [-0.2, 0) is 4.79 Å². The zero-order chi connectivity index (χ0) is 15.8. The van der Waals surface area contributed by atoms with Gasteiger partial charge in [0.2, 0.25) is 5.91 Å². The Kier molecular flexibility index (Phi) is 3.67. The summed E-state index contributed by atoms with van der Waals surface area (Å²) in [6.45, 7) is 4.45. The fourth-order valence-electron chi connectivity index (χ4n) is 3.37. The maximum Gasteiger partial charge on any atom is 0.224 e. The lowest BCUT2D eigenvalue weighted by atomic mass is 9.97. The minimum absolute atomic E-state index is 0.0618. The SMILES string of the molecule is Cc1nc(N2CCCC(C(=O)NCC3CC3)C2)c2cc[nH]c2n1. The van der Waals surface area contributed by atoms with E-state index in [-0.39, 0.29) is 11.8 Å². The fraction of sp³-hybridized carbons (Fsp3) is 0.588. The smallest absolute Gasteiger partial charge is 0.224 e. The van der Waals surface area contributed by atoms with Crippen LogP contribution in [0.15, 0.2) is 12.3 Å². The zero-order valence-corrected chi connectivity index (χ0v) is 13.5. The van der Waals surface area contributed by atoms with Crippen LogP contribution in [-0.4, -0.2) is 40.5 Å². The molecule has 23 heavy (non-hydrogen) atoms. The highest BCUT2D eigenvalue weighted by Gasteiger charge is 2.29. The molecule has 0 aromatic carbocycles. The van der Waals surface area contributed by atoms with Crippen LogP contribution in [0.25, 0.3) is 11.0 Å². The quantitative estimate of drug-likeness (QED) is 0.905. The Morgan fingerprint density at radius 1 is 1.39 bits per heavy atom. The highest BCUT2D eigenvalue weighted by atomic mass is 16.1. The van der Waals surface area contributed by atoms with Crippen LogP contribution in [0.2, 0.25) is 0 Å². The van der Waals surface area contributed by atoms with Crippen molar-refractivity contribution in [2.45, 2.75) is 32.6 Å². The van der Waals surface area contributed by atoms with E-state index in [0.29, 0.717) is 0 Å². The maximum atomic E-state index is 12.4. The van der Waals surface area contributed by atoms with Crippen molar-refractivity contribution in [1.82, 2.24) is 20.3 Å². The van der Waals surface area contributed by atoms with Crippen LogP contribution in [0.4, 0.5) is 5.82 Å². The number of aromatic amines is 1. The molecule has 1 atom stereocenters. The second-order valence-electron chi connectivity index (χ2n) is 6.81. The van der Waals surface area contributed by atoms with Crippen molar-refractivity contribution < 1.29 is 4.79 Å². The van der Waals surface area contributed by atoms with Crippen LogP contribution >= 0.6 is 0 Å². The van der Waals surface area contributed by atoms with E-state index in [2.05, 4.69) is 25.2 Å². The van der Waals surface area contributed by atoms with Crippen molar-refractivity contribution in [2.75, 3.05) is 24.5 Å². The summed E-state index contributed by atoms with van der Waals surface area (Å²) in [6.07, 6.45) is 6.42. The molecule has 1 saturated carbocycles. The van der Waals surface area contributed by atoms with Gasteiger partial charge in [-0.3, -0.25) is 4.79 Å². The van der Waals surface area contributed by atoms with E-state index < -0.39 is 0 Å². The van der Waals surface area contributed by atoms with Crippen LogP contribution in [0, 0.1) is 18.8 Å². The molecule has 0 radical (unpaired) electrons. The molecule has 1 saturated heterocycles. The van der Waals surface area contributed by atoms with Gasteiger partial charge in [-0.25, -0.2) is 9.97 Å². The third-order valence-corrected chi connectivity index (χ3v) is 4.86. The number of hydrogen-bond donors (Lipinski definition) is 2. The van der Waals surface area contributed by atoms with Crippen molar-refractivity contribution in [2.24, 2.45) is 11.8 Å². The Bertz CT molecular complexity index is 721. The molecule has 2 N–H and O–H groups in total. The second kappa shape index (κ2) is 5.83. The minimum atomic E-state index is 0.0618. The number of amides is 1. The van der Waals surface area contributed by atoms with Gasteiger partial charge in [0.1, 0.15) is 17.3 Å². The van der Waals surface area contributed by atoms with Crippen LogP contribution in [0.3, 0.4) is 0 Å². The van der Waals surface area contributed by atoms with Crippen molar-refractivity contribution in [3.05, 3.63) is 18.1 Å². The number of piperidine rings is 1. The number of aryl methyl sites for hydroxylation is 1. The van der Waals surface area contributed by atoms with E-state index in [1.54, 1.807) is 0 Å². The molecule has 2 aromatic rings. The number of hydrogen-bond acceptors (Lipinski definition) is 4. The molecule has 6 nitrogen and oxygen atoms in total. The highest BCUT2D eigenvalue weighted by Crippen LogP contribution is 2.29. The summed E-state index contributed by atoms with van der Waals surface area (Å²) in [7, 11) is 0. The summed E-state index contributed by atoms with van der Waals surface area (Å²) in [4.78, 5) is 26.9. The number of H-pyrrole nitrogens is 1. The lowest BCUT2D eigenvalue weighted by molar-refractivity contribution is -0.125. The summed E-state index contributed by atoms with van der Waals surface area (Å²) in [5.74, 6) is 2.70. The minimum Gasteiger partial charge on any atom is -0.356 e. The number of carbonyl (C=O) groups excluding carboxylic acids is 1. The molecule has 2 fully saturated rings. The maximum absolute atomic E-state index is 12.4. The molecule has 3 heterocycles. The molecule has 2 aromatic heterocycles. The summed E-state index contributed by atoms with van der Waals surface area (Å²) < 4.78 is 0. The van der Waals surface area contributed by atoms with Crippen molar-refractivity contribution in [3.63, 3.8) is 0 Å². The number of nitrogens with zero attached hydrogens (tertiary/aromatic N) is 3. The first kappa shape index (κ1) is 14.5. The van der Waals surface area contributed by atoms with Gasteiger partial charge in [0.15, 0.2) is 0 Å². The molecule has 1 amide bonds. The van der Waals surface area contributed by atoms with E-state index in [0.717, 1.165) is 61.1 Å². The predicted molar refractivity (Wildman–Crippen MR) is 89.3 cm³/mol. The second-order valence-corrected chi connectivity index (χ2v) is 6.81. The molecule has 1 unspecified atom stereocenters. The molecule has 4 rings (SSSR count). The molecule has 1 aliphatic carbocycles. The topological polar surface area (TPSA) is 73.9 Å². The van der Waals surface area contributed by atoms with E-state index >= 15 is 0 Å². The zero-order valence-electron chi connectivity index (χ0n) is 13.5. The first-order valence-electron chi connectivity index (χ1n) is 8.55. The van der Waals surface area contributed by atoms with E-state index in [9.17, 15) is 4.79 Å². The van der Waals surface area contributed by atoms with Crippen LogP contribution < -0.4 is 10.2 Å². The molecule has 6 heteroatoms. The van der Waals surface area contributed by atoms with E-state index in [4.69, 9.17) is 0 Å². The van der Waals surface area contributed by atoms with E-state index in [1.807, 2.05) is 19.2 Å². The van der Waals surface area contributed by atoms with Crippen LogP contribution in [0.5, 0.6) is 0 Å². The standard InChI is InChI=1S/C17H23N5O/c1-11-20-15-14(6-7-18-15)16(21-11)22-8-2-3-13(10-22)17(23)19-9-12-4-5-12/h6-7,12-13H,2-5,8-10H2,1H3,(H,19,23)(H,18,20,21). The highest BCUT2D eigenvalue weighted by molar-refractivity contribution is 5.88. The first-order chi connectivity index (χ1) is 11.2. The van der Waals surface area contributed by atoms with Crippen molar-refractivity contribution >= 4 is 22.8 Å². The number of carbonyl (C=O) groups is 1. The lowest BCUT2D eigenvalue weighted by Gasteiger charge is -2.33. The number of fused-ring (bicyclic) bond motifs is 1. The van der Waals surface area contributed by atoms with Gasteiger partial charge in [0.05, 0.1) is 11.3 Å². The molecule has 2 aliphatic rings. The van der Waals surface area contributed by atoms with Gasteiger partial charge in [0.25, 0.3) is 0 Å². The summed E-state index contributed by atoms with van der Waals surface area (Å²) in [5.41, 5.74) is 0.868. The normalized spacial score (nSPS) is 21.6. The molecule has 1 aliphatic heterocycles. The third-order valence-electron chi connectivity index (χ3n) is 4.86. The van der Waals surface area contributed by atoms with Crippen LogP contribution in [0.1, 0.15) is 31.5 Å². The summed E-state index contributed by atoms with van der Waals surface area (Å²) in [6, 6.07) is 2.01. The van der Waals surface area contributed by atoms with Gasteiger partial charge >= 0.3 is 0 Å². The Balaban J connectivity index is 1.51. The van der Waals surface area contributed by atoms with Gasteiger partial charge in [-0.1, -0.05) is 0 Å². The molecule has 0 bridgehead atoms. The van der Waals surface area contributed by atoms with E-state index in [1.165, 1.54) is 12.8 Å². The monoisotopic (exact) mass is 313 g/mol. The number of rotatable bonds is 4. The Morgan fingerprint density at radius 2 is 2.26 bits per heavy atom. The first-order valence-corrected chi connectivity index (χ1v) is 8.55. The Hall–Kier alpha value is -2.11. The molecular weight excluding hydrogens is 290 g/mol. The van der Waals surface area contributed by atoms with Gasteiger partial charge in [-0.05, 0) is 44.6 Å². The number of nitrogens with one attached hydrogen (secondary N) is 2. The molecular formula is C17H23N5O. The Labute approximate surface area is 135 Å². The Morgan fingerprint density at radius 3 is 3.09 bits per heavy atom. The number of aromatic nitrogens is 3. The largest absolute Gasteiger partial charge is 0.356 e. The lowest BCUT2D eigenvalue weighted by Crippen LogP contribution is -2.44. The van der Waals surface area contributed by atoms with Crippen molar-refractivity contribution in [3.8, 4) is 0 Å². The van der Waals surface area contributed by atoms with Gasteiger partial charge in [0, 0.05) is 25.8 Å². The average molecular weight is 313 g/mol. The average Bonchev–Trinajstić information content (AvgIpc) is 3.28. The van der Waals surface area contributed by atoms with Gasteiger partial charge < -0.3 is 15.2 Å². The van der Waals surface area contributed by atoms with Gasteiger partial charge in [-0.15, -0.1) is 0 Å².